The molecule has 0 saturated carbocycles. The number of methoxy groups -OCH3 is 1. The van der Waals surface area contributed by atoms with E-state index in [1.54, 1.807) is 7.11 Å². The minimum atomic E-state index is -0.452. The number of ether oxygens (including phenoxy) is 2. The summed E-state index contributed by atoms with van der Waals surface area (Å²) in [7, 11) is 1.69. The second-order valence-corrected chi connectivity index (χ2v) is 8.85. The summed E-state index contributed by atoms with van der Waals surface area (Å²) in [6.07, 6.45) is 5.21. The molecule has 1 aliphatic carbocycles. The van der Waals surface area contributed by atoms with Gasteiger partial charge in [-0.15, -0.1) is 0 Å². The van der Waals surface area contributed by atoms with Gasteiger partial charge in [0.2, 0.25) is 0 Å². The lowest BCUT2D eigenvalue weighted by Gasteiger charge is -2.36. The third-order valence-corrected chi connectivity index (χ3v) is 7.07. The van der Waals surface area contributed by atoms with Gasteiger partial charge in [0.1, 0.15) is 6.10 Å². The van der Waals surface area contributed by atoms with Crippen LogP contribution in [0.3, 0.4) is 0 Å². The lowest BCUT2D eigenvalue weighted by molar-refractivity contribution is 0.0806. The fourth-order valence-electron chi connectivity index (χ4n) is 4.99. The van der Waals surface area contributed by atoms with Crippen LogP contribution in [0.25, 0.3) is 0 Å². The van der Waals surface area contributed by atoms with E-state index in [0.717, 1.165) is 42.0 Å². The molecule has 5 heteroatoms. The number of rotatable bonds is 3. The Morgan fingerprint density at radius 1 is 1.32 bits per heavy atom. The highest BCUT2D eigenvalue weighted by Crippen LogP contribution is 2.57. The van der Waals surface area contributed by atoms with Crippen molar-refractivity contribution in [1.29, 1.82) is 0 Å². The molecule has 2 aliphatic heterocycles. The van der Waals surface area contributed by atoms with Crippen LogP contribution in [0, 0.1) is 0 Å². The number of aliphatic hydroxyl groups is 1. The van der Waals surface area contributed by atoms with Crippen molar-refractivity contribution in [3.8, 4) is 11.5 Å². The summed E-state index contributed by atoms with van der Waals surface area (Å²) in [6.45, 7) is 2.75. The molecular formula is C23H24BrNO3. The molecule has 2 heterocycles. The first-order valence-corrected chi connectivity index (χ1v) is 10.6. The second kappa shape index (κ2) is 6.90. The fraction of sp³-hybridized carbons (Fsp3) is 0.391. The summed E-state index contributed by atoms with van der Waals surface area (Å²) in [5.74, 6) is 1.62. The van der Waals surface area contributed by atoms with Crippen LogP contribution in [-0.4, -0.2) is 35.9 Å². The van der Waals surface area contributed by atoms with Crippen LogP contribution in [0.1, 0.15) is 29.5 Å². The number of hydrogen-bond donors (Lipinski definition) is 1. The largest absolute Gasteiger partial charge is 0.493 e. The Morgan fingerprint density at radius 3 is 2.93 bits per heavy atom. The zero-order valence-electron chi connectivity index (χ0n) is 15.9. The maximum atomic E-state index is 10.2. The first-order chi connectivity index (χ1) is 13.6. The summed E-state index contributed by atoms with van der Waals surface area (Å²) >= 11 is 3.80. The molecule has 3 atom stereocenters. The van der Waals surface area contributed by atoms with Crippen molar-refractivity contribution in [2.75, 3.05) is 13.7 Å². The highest BCUT2D eigenvalue weighted by Gasteiger charge is 2.53. The quantitative estimate of drug-likeness (QED) is 0.725. The van der Waals surface area contributed by atoms with Gasteiger partial charge in [0.15, 0.2) is 11.5 Å². The van der Waals surface area contributed by atoms with Crippen molar-refractivity contribution in [3.63, 3.8) is 0 Å². The minimum absolute atomic E-state index is 0.0545. The van der Waals surface area contributed by atoms with Crippen LogP contribution in [0.15, 0.2) is 53.0 Å². The minimum Gasteiger partial charge on any atom is -0.493 e. The summed E-state index contributed by atoms with van der Waals surface area (Å²) in [5.41, 5.74) is 3.63. The van der Waals surface area contributed by atoms with E-state index in [4.69, 9.17) is 9.47 Å². The van der Waals surface area contributed by atoms with Gasteiger partial charge >= 0.3 is 0 Å². The number of hydrogen-bond acceptors (Lipinski definition) is 4. The molecule has 0 bridgehead atoms. The number of halogens is 1. The SMILES string of the molecule is COc1cc(Br)c2c3c1O[C@@H]1C[C@H](O)C=C[C@]31CCN(Cc1ccccc1)C2. The molecular weight excluding hydrogens is 418 g/mol. The predicted molar refractivity (Wildman–Crippen MR) is 112 cm³/mol. The van der Waals surface area contributed by atoms with Gasteiger partial charge in [-0.25, -0.2) is 0 Å². The van der Waals surface area contributed by atoms with Gasteiger partial charge in [0.05, 0.1) is 18.6 Å². The van der Waals surface area contributed by atoms with Gasteiger partial charge in [-0.2, -0.15) is 0 Å². The Labute approximate surface area is 173 Å². The Bertz CT molecular complexity index is 929. The molecule has 3 aliphatic rings. The Morgan fingerprint density at radius 2 is 2.14 bits per heavy atom. The maximum Gasteiger partial charge on any atom is 0.166 e. The molecule has 1 N–H and O–H groups in total. The third kappa shape index (κ3) is 2.79. The van der Waals surface area contributed by atoms with Crippen LogP contribution < -0.4 is 9.47 Å². The summed E-state index contributed by atoms with van der Waals surface area (Å²) in [5, 5.41) is 10.2. The van der Waals surface area contributed by atoms with Crippen molar-refractivity contribution in [3.05, 3.63) is 69.7 Å². The maximum absolute atomic E-state index is 10.2. The molecule has 5 rings (SSSR count). The molecule has 0 unspecified atom stereocenters. The average Bonchev–Trinajstić information content (AvgIpc) is 2.93. The van der Waals surface area contributed by atoms with Gasteiger partial charge in [0.25, 0.3) is 0 Å². The highest BCUT2D eigenvalue weighted by molar-refractivity contribution is 9.10. The smallest absolute Gasteiger partial charge is 0.166 e. The summed E-state index contributed by atoms with van der Waals surface area (Å²) in [6, 6.07) is 12.6. The molecule has 0 saturated heterocycles. The number of aliphatic hydroxyl groups excluding tert-OH is 1. The Kier molecular flexibility index (Phi) is 4.49. The van der Waals surface area contributed by atoms with Crippen molar-refractivity contribution in [2.45, 2.75) is 43.6 Å². The van der Waals surface area contributed by atoms with Crippen molar-refractivity contribution < 1.29 is 14.6 Å². The predicted octanol–water partition coefficient (Wildman–Crippen LogP) is 4.18. The molecule has 2 aromatic carbocycles. The van der Waals surface area contributed by atoms with Crippen molar-refractivity contribution in [1.82, 2.24) is 4.90 Å². The molecule has 1 spiro atoms. The van der Waals surface area contributed by atoms with Crippen molar-refractivity contribution in [2.24, 2.45) is 0 Å². The average molecular weight is 442 g/mol. The summed E-state index contributed by atoms with van der Waals surface area (Å²) < 4.78 is 13.1. The van der Waals surface area contributed by atoms with E-state index in [-0.39, 0.29) is 11.5 Å². The zero-order chi connectivity index (χ0) is 19.3. The van der Waals surface area contributed by atoms with Gasteiger partial charge in [-0.3, -0.25) is 4.90 Å². The van der Waals surface area contributed by atoms with E-state index < -0.39 is 6.10 Å². The molecule has 4 nitrogen and oxygen atoms in total. The molecule has 0 aromatic heterocycles. The van der Waals surface area contributed by atoms with Gasteiger partial charge in [-0.05, 0) is 23.6 Å². The van der Waals surface area contributed by atoms with Crippen LogP contribution in [-0.2, 0) is 18.5 Å². The Hall–Kier alpha value is -1.82. The van der Waals surface area contributed by atoms with E-state index >= 15 is 0 Å². The van der Waals surface area contributed by atoms with Crippen LogP contribution >= 0.6 is 15.9 Å². The van der Waals surface area contributed by atoms with Crippen LogP contribution in [0.4, 0.5) is 0 Å². The number of nitrogens with zero attached hydrogens (tertiary/aromatic N) is 1. The van der Waals surface area contributed by atoms with Crippen LogP contribution in [0.2, 0.25) is 0 Å². The highest BCUT2D eigenvalue weighted by atomic mass is 79.9. The van der Waals surface area contributed by atoms with E-state index in [1.165, 1.54) is 16.7 Å². The summed E-state index contributed by atoms with van der Waals surface area (Å²) in [4.78, 5) is 2.51. The van der Waals surface area contributed by atoms with E-state index in [2.05, 4.69) is 57.2 Å². The van der Waals surface area contributed by atoms with E-state index in [9.17, 15) is 5.11 Å². The van der Waals surface area contributed by atoms with Gasteiger partial charge in [-0.1, -0.05) is 58.4 Å². The molecule has 2 aromatic rings. The first-order valence-electron chi connectivity index (χ1n) is 9.81. The standard InChI is InChI=1S/C23H24BrNO3/c1-27-19-12-18(24)17-14-25(13-15-5-3-2-4-6-15)10-9-23-8-7-16(26)11-20(23)28-22(19)21(17)23/h2-8,12,16,20,26H,9-11,13-14H2,1H3/t16-,20-,23-/m1/s1. The fourth-order valence-corrected chi connectivity index (χ4v) is 5.52. The second-order valence-electron chi connectivity index (χ2n) is 8.00. The monoisotopic (exact) mass is 441 g/mol. The van der Waals surface area contributed by atoms with E-state index in [1.807, 2.05) is 12.1 Å². The number of benzene rings is 2. The van der Waals surface area contributed by atoms with Gasteiger partial charge < -0.3 is 14.6 Å². The van der Waals surface area contributed by atoms with Crippen LogP contribution in [0.5, 0.6) is 11.5 Å². The lowest BCUT2D eigenvalue weighted by Crippen LogP contribution is -2.43. The topological polar surface area (TPSA) is 41.9 Å². The molecule has 0 radical (unpaired) electrons. The molecule has 28 heavy (non-hydrogen) atoms. The third-order valence-electron chi connectivity index (χ3n) is 6.36. The van der Waals surface area contributed by atoms with Gasteiger partial charge in [0, 0.05) is 36.1 Å². The van der Waals surface area contributed by atoms with E-state index in [0.29, 0.717) is 6.42 Å². The zero-order valence-corrected chi connectivity index (χ0v) is 17.5. The molecule has 146 valence electrons. The molecule has 0 fully saturated rings. The van der Waals surface area contributed by atoms with Crippen molar-refractivity contribution >= 4 is 15.9 Å². The molecule has 0 amide bonds. The Balaban J connectivity index is 1.61. The first kappa shape index (κ1) is 18.2. The lowest BCUT2D eigenvalue weighted by atomic mass is 9.69. The normalized spacial score (nSPS) is 28.2.